The molecule has 1 aliphatic carbocycles. The van der Waals surface area contributed by atoms with Crippen molar-refractivity contribution in [2.24, 2.45) is 0 Å². The molecule has 3 heteroatoms. The van der Waals surface area contributed by atoms with Crippen LogP contribution in [0.3, 0.4) is 0 Å². The third-order valence-corrected chi connectivity index (χ3v) is 9.27. The number of hydrogen-bond acceptors (Lipinski definition) is 1. The van der Waals surface area contributed by atoms with Crippen LogP contribution in [0.25, 0.3) is 61.9 Å². The highest BCUT2D eigenvalue weighted by Crippen LogP contribution is 2.35. The quantitative estimate of drug-likeness (QED) is 0.230. The second kappa shape index (κ2) is 10.0. The van der Waals surface area contributed by atoms with Crippen molar-refractivity contribution in [2.75, 3.05) is 6.54 Å². The zero-order chi connectivity index (χ0) is 29.0. The molecule has 3 heterocycles. The van der Waals surface area contributed by atoms with Crippen molar-refractivity contribution in [3.05, 3.63) is 161 Å². The van der Waals surface area contributed by atoms with Crippen molar-refractivity contribution in [3.8, 4) is 11.4 Å². The summed E-state index contributed by atoms with van der Waals surface area (Å²) in [4.78, 5) is 0. The van der Waals surface area contributed by atoms with Gasteiger partial charge in [-0.3, -0.25) is 0 Å². The van der Waals surface area contributed by atoms with E-state index in [1.807, 2.05) is 0 Å². The number of benzene rings is 5. The Hall–Kier alpha value is -5.54. The number of allylic oxidation sites excluding steroid dienone is 2. The van der Waals surface area contributed by atoms with Gasteiger partial charge in [0.15, 0.2) is 0 Å². The topological polar surface area (TPSA) is 21.9 Å². The van der Waals surface area contributed by atoms with Crippen molar-refractivity contribution in [1.29, 1.82) is 0 Å². The number of nitrogens with one attached hydrogen (secondary N) is 1. The molecule has 7 aromatic rings. The molecule has 0 bridgehead atoms. The van der Waals surface area contributed by atoms with Crippen molar-refractivity contribution in [2.45, 2.75) is 12.3 Å². The van der Waals surface area contributed by atoms with Gasteiger partial charge in [0.25, 0.3) is 0 Å². The third kappa shape index (κ3) is 3.90. The first-order valence-corrected chi connectivity index (χ1v) is 15.4. The summed E-state index contributed by atoms with van der Waals surface area (Å²) in [5.41, 5.74) is 9.87. The first kappa shape index (κ1) is 25.0. The smallest absolute Gasteiger partial charge is 0.0541 e. The summed E-state index contributed by atoms with van der Waals surface area (Å²) in [6.45, 7) is 0.872. The van der Waals surface area contributed by atoms with Gasteiger partial charge >= 0.3 is 0 Å². The van der Waals surface area contributed by atoms with E-state index < -0.39 is 0 Å². The molecule has 0 saturated heterocycles. The molecule has 9 rings (SSSR count). The Morgan fingerprint density at radius 3 is 2.11 bits per heavy atom. The van der Waals surface area contributed by atoms with Gasteiger partial charge < -0.3 is 14.5 Å². The molecule has 0 amide bonds. The Morgan fingerprint density at radius 2 is 1.32 bits per heavy atom. The molecule has 1 atom stereocenters. The molecule has 1 N–H and O–H groups in total. The van der Waals surface area contributed by atoms with E-state index >= 15 is 0 Å². The number of aromatic nitrogens is 2. The molecule has 5 aromatic carbocycles. The number of fused-ring (bicyclic) bond motifs is 6. The molecule has 44 heavy (non-hydrogen) atoms. The molecule has 1 unspecified atom stereocenters. The van der Waals surface area contributed by atoms with Crippen molar-refractivity contribution in [1.82, 2.24) is 14.5 Å². The summed E-state index contributed by atoms with van der Waals surface area (Å²) in [6.07, 6.45) is 12.3. The van der Waals surface area contributed by atoms with E-state index in [1.54, 1.807) is 0 Å². The molecule has 3 nitrogen and oxygen atoms in total. The maximum Gasteiger partial charge on any atom is 0.0541 e. The van der Waals surface area contributed by atoms with Gasteiger partial charge in [-0.2, -0.15) is 0 Å². The van der Waals surface area contributed by atoms with Crippen LogP contribution in [0.15, 0.2) is 140 Å². The predicted molar refractivity (Wildman–Crippen MR) is 185 cm³/mol. The maximum absolute atomic E-state index is 3.47. The lowest BCUT2D eigenvalue weighted by molar-refractivity contribution is 0.908. The molecule has 0 fully saturated rings. The van der Waals surface area contributed by atoms with Crippen LogP contribution in [0.5, 0.6) is 0 Å². The lowest BCUT2D eigenvalue weighted by Gasteiger charge is -2.16. The Kier molecular flexibility index (Phi) is 5.70. The molecule has 0 spiro atoms. The second-order valence-electron chi connectivity index (χ2n) is 11.8. The monoisotopic (exact) mass is 565 g/mol. The predicted octanol–water partition coefficient (Wildman–Crippen LogP) is 7.98. The van der Waals surface area contributed by atoms with Crippen LogP contribution >= 0.6 is 0 Å². The number of rotatable bonds is 4. The Labute approximate surface area is 256 Å². The van der Waals surface area contributed by atoms with E-state index in [0.29, 0.717) is 5.92 Å². The van der Waals surface area contributed by atoms with Gasteiger partial charge in [0.2, 0.25) is 0 Å². The third-order valence-electron chi connectivity index (χ3n) is 9.27. The van der Waals surface area contributed by atoms with Crippen LogP contribution in [0, 0.1) is 0 Å². The van der Waals surface area contributed by atoms with Gasteiger partial charge in [0.05, 0.1) is 16.6 Å². The summed E-state index contributed by atoms with van der Waals surface area (Å²) in [7, 11) is 0. The largest absolute Gasteiger partial charge is 0.381 e. The molecular weight excluding hydrogens is 534 g/mol. The minimum absolute atomic E-state index is 0.310. The van der Waals surface area contributed by atoms with Crippen LogP contribution in [-0.4, -0.2) is 15.7 Å². The summed E-state index contributed by atoms with van der Waals surface area (Å²) >= 11 is 0. The van der Waals surface area contributed by atoms with E-state index in [1.165, 1.54) is 71.5 Å². The van der Waals surface area contributed by atoms with Gasteiger partial charge in [-0.1, -0.05) is 97.1 Å². The van der Waals surface area contributed by atoms with E-state index in [4.69, 9.17) is 0 Å². The molecule has 0 radical (unpaired) electrons. The lowest BCUT2D eigenvalue weighted by Crippen LogP contribution is -2.31. The van der Waals surface area contributed by atoms with E-state index in [9.17, 15) is 0 Å². The van der Waals surface area contributed by atoms with Crippen molar-refractivity contribution >= 4 is 50.6 Å². The fourth-order valence-electron chi connectivity index (χ4n) is 7.20. The van der Waals surface area contributed by atoms with Crippen LogP contribution in [-0.2, 0) is 0 Å². The normalized spacial score (nSPS) is 15.9. The van der Waals surface area contributed by atoms with Gasteiger partial charge in [-0.25, -0.2) is 0 Å². The second-order valence-corrected chi connectivity index (χ2v) is 11.8. The Morgan fingerprint density at radius 1 is 0.614 bits per heavy atom. The van der Waals surface area contributed by atoms with Crippen LogP contribution in [0.4, 0.5) is 0 Å². The van der Waals surface area contributed by atoms with Gasteiger partial charge in [-0.05, 0) is 72.2 Å². The van der Waals surface area contributed by atoms with Crippen molar-refractivity contribution < 1.29 is 0 Å². The molecular formula is C41H31N3. The maximum atomic E-state index is 3.47. The fourth-order valence-corrected chi connectivity index (χ4v) is 7.20. The molecule has 210 valence electrons. The van der Waals surface area contributed by atoms with Crippen LogP contribution in [0.1, 0.15) is 23.5 Å². The SMILES string of the molecule is C1=CCNC(c2ccc(-n3c4c(c5ccccc53)=CC(c3ccc5c(c3)c3ccccc3n5-c3ccccc3)CC=4)cc2)=C1. The fraction of sp³-hybridized carbons (Fsp3) is 0.0732. The average Bonchev–Trinajstić information content (AvgIpc) is 3.61. The summed E-state index contributed by atoms with van der Waals surface area (Å²) in [5, 5.41) is 9.99. The highest BCUT2D eigenvalue weighted by Gasteiger charge is 2.19. The van der Waals surface area contributed by atoms with Gasteiger partial charge in [0, 0.05) is 56.3 Å². The average molecular weight is 566 g/mol. The molecule has 1 aliphatic heterocycles. The minimum atomic E-state index is 0.310. The first-order valence-electron chi connectivity index (χ1n) is 15.4. The number of dihydropyridines is 1. The van der Waals surface area contributed by atoms with Gasteiger partial charge in [-0.15, -0.1) is 0 Å². The van der Waals surface area contributed by atoms with E-state index in [2.05, 4.69) is 166 Å². The highest BCUT2D eigenvalue weighted by molar-refractivity contribution is 6.09. The zero-order valence-electron chi connectivity index (χ0n) is 24.3. The van der Waals surface area contributed by atoms with Crippen molar-refractivity contribution in [3.63, 3.8) is 0 Å². The lowest BCUT2D eigenvalue weighted by atomic mass is 9.90. The van der Waals surface area contributed by atoms with Crippen LogP contribution < -0.4 is 15.9 Å². The van der Waals surface area contributed by atoms with Crippen LogP contribution in [0.2, 0.25) is 0 Å². The molecule has 2 aliphatic rings. The van der Waals surface area contributed by atoms with E-state index in [0.717, 1.165) is 13.0 Å². The number of hydrogen-bond donors (Lipinski definition) is 1. The Balaban J connectivity index is 1.17. The summed E-state index contributed by atoms with van der Waals surface area (Å²) < 4.78 is 4.82. The molecule has 2 aromatic heterocycles. The zero-order valence-corrected chi connectivity index (χ0v) is 24.3. The summed E-state index contributed by atoms with van der Waals surface area (Å²) in [5.74, 6) is 0.310. The molecule has 0 saturated carbocycles. The minimum Gasteiger partial charge on any atom is -0.381 e. The summed E-state index contributed by atoms with van der Waals surface area (Å²) in [6, 6.07) is 44.3. The van der Waals surface area contributed by atoms with E-state index in [-0.39, 0.29) is 0 Å². The number of nitrogens with zero attached hydrogens (tertiary/aromatic N) is 2. The first-order chi connectivity index (χ1) is 21.8. The highest BCUT2D eigenvalue weighted by atomic mass is 15.0. The number of para-hydroxylation sites is 3. The standard InChI is InChI=1S/C41H31N3/c1-2-10-31(11-3-1)43-38-15-6-4-12-33(38)35-26-29(19-23-40(35)43)30-20-24-41-36(27-30)34-13-5-7-16-39(34)44(41)32-21-17-28(18-22-32)37-14-8-9-25-42-37/h1-19,21-24,26-27,30,42H,20,25H2. The Bertz CT molecular complexity index is 2400. The van der Waals surface area contributed by atoms with Gasteiger partial charge in [0.1, 0.15) is 0 Å².